The number of anilines is 1. The quantitative estimate of drug-likeness (QED) is 0.770. The van der Waals surface area contributed by atoms with Gasteiger partial charge in [-0.05, 0) is 37.1 Å². The number of carbonyl (C=O) groups excluding carboxylic acids is 1. The number of carbonyl (C=O) groups is 1. The largest absolute Gasteiger partial charge is 0.497 e. The van der Waals surface area contributed by atoms with Crippen LogP contribution in [0.5, 0.6) is 5.75 Å². The highest BCUT2D eigenvalue weighted by atomic mass is 16.5. The third-order valence-corrected chi connectivity index (χ3v) is 3.17. The minimum atomic E-state index is -0.321. The van der Waals surface area contributed by atoms with Crippen molar-refractivity contribution in [1.29, 1.82) is 0 Å². The second-order valence-electron chi connectivity index (χ2n) is 4.49. The predicted octanol–water partition coefficient (Wildman–Crippen LogP) is 3.08. The lowest BCUT2D eigenvalue weighted by atomic mass is 9.99. The molecule has 4 heteroatoms. The summed E-state index contributed by atoms with van der Waals surface area (Å²) in [4.78, 5) is 12.0. The Labute approximate surface area is 115 Å². The summed E-state index contributed by atoms with van der Waals surface area (Å²) in [5.41, 5.74) is 0.888. The van der Waals surface area contributed by atoms with Crippen molar-refractivity contribution in [3.63, 3.8) is 0 Å². The molecule has 106 valence electrons. The summed E-state index contributed by atoms with van der Waals surface area (Å²) in [6.45, 7) is 6.32. The molecular formula is C15H23NO3. The lowest BCUT2D eigenvalue weighted by molar-refractivity contribution is -0.145. The summed E-state index contributed by atoms with van der Waals surface area (Å²) >= 11 is 0. The monoisotopic (exact) mass is 265 g/mol. The average molecular weight is 265 g/mol. The summed E-state index contributed by atoms with van der Waals surface area (Å²) in [6, 6.07) is 7.20. The van der Waals surface area contributed by atoms with Gasteiger partial charge in [0.25, 0.3) is 0 Å². The van der Waals surface area contributed by atoms with Gasteiger partial charge < -0.3 is 14.8 Å². The number of ether oxygens (including phenoxy) is 2. The average Bonchev–Trinajstić information content (AvgIpc) is 2.44. The first kappa shape index (κ1) is 15.3. The van der Waals surface area contributed by atoms with Crippen molar-refractivity contribution in [3.05, 3.63) is 24.3 Å². The minimum Gasteiger partial charge on any atom is -0.497 e. The van der Waals surface area contributed by atoms with Gasteiger partial charge in [0.15, 0.2) is 0 Å². The first-order chi connectivity index (χ1) is 9.12. The van der Waals surface area contributed by atoms with Crippen LogP contribution in [0.1, 0.15) is 27.2 Å². The summed E-state index contributed by atoms with van der Waals surface area (Å²) in [7, 11) is 1.63. The van der Waals surface area contributed by atoms with E-state index in [1.807, 2.05) is 38.1 Å². The van der Waals surface area contributed by atoms with Gasteiger partial charge in [0.2, 0.25) is 0 Å². The van der Waals surface area contributed by atoms with E-state index in [1.165, 1.54) is 0 Å². The summed E-state index contributed by atoms with van der Waals surface area (Å²) < 4.78 is 10.2. The van der Waals surface area contributed by atoms with Gasteiger partial charge >= 0.3 is 5.97 Å². The molecule has 0 spiro atoms. The van der Waals surface area contributed by atoms with Crippen LogP contribution in [0, 0.1) is 5.92 Å². The van der Waals surface area contributed by atoms with Crippen molar-refractivity contribution in [3.8, 4) is 5.75 Å². The number of hydrogen-bond acceptors (Lipinski definition) is 4. The molecule has 0 amide bonds. The number of hydrogen-bond donors (Lipinski definition) is 1. The van der Waals surface area contributed by atoms with Gasteiger partial charge in [0.1, 0.15) is 11.8 Å². The molecule has 1 aromatic rings. The highest BCUT2D eigenvalue weighted by Crippen LogP contribution is 2.19. The zero-order valence-electron chi connectivity index (χ0n) is 12.1. The van der Waals surface area contributed by atoms with Gasteiger partial charge in [-0.25, -0.2) is 4.79 Å². The fourth-order valence-corrected chi connectivity index (χ4v) is 1.77. The lowest BCUT2D eigenvalue weighted by Gasteiger charge is -2.23. The summed E-state index contributed by atoms with van der Waals surface area (Å²) in [6.07, 6.45) is 0.909. The molecule has 0 radical (unpaired) electrons. The molecule has 0 bridgehead atoms. The zero-order chi connectivity index (χ0) is 14.3. The number of esters is 1. The molecule has 1 aromatic carbocycles. The Morgan fingerprint density at radius 1 is 1.26 bits per heavy atom. The van der Waals surface area contributed by atoms with Gasteiger partial charge in [-0.2, -0.15) is 0 Å². The normalized spacial score (nSPS) is 13.5. The van der Waals surface area contributed by atoms with Crippen molar-refractivity contribution in [2.45, 2.75) is 33.2 Å². The van der Waals surface area contributed by atoms with Crippen LogP contribution >= 0.6 is 0 Å². The molecule has 1 rings (SSSR count). The standard InChI is InChI=1S/C15H23NO3/c1-5-11(3)14(15(17)19-6-2)16-12-7-9-13(18-4)10-8-12/h7-11,14,16H,5-6H2,1-4H3. The van der Waals surface area contributed by atoms with E-state index in [0.717, 1.165) is 17.9 Å². The Bertz CT molecular complexity index is 389. The first-order valence-electron chi connectivity index (χ1n) is 6.69. The molecule has 2 atom stereocenters. The molecule has 0 saturated carbocycles. The number of methoxy groups -OCH3 is 1. The van der Waals surface area contributed by atoms with Crippen molar-refractivity contribution in [1.82, 2.24) is 0 Å². The maximum Gasteiger partial charge on any atom is 0.328 e. The molecule has 0 heterocycles. The van der Waals surface area contributed by atoms with Crippen LogP contribution in [-0.4, -0.2) is 25.7 Å². The van der Waals surface area contributed by atoms with Crippen LogP contribution in [-0.2, 0) is 9.53 Å². The Hall–Kier alpha value is -1.71. The topological polar surface area (TPSA) is 47.6 Å². The van der Waals surface area contributed by atoms with Crippen molar-refractivity contribution >= 4 is 11.7 Å². The Balaban J connectivity index is 2.78. The SMILES string of the molecule is CCOC(=O)C(Nc1ccc(OC)cc1)C(C)CC. The summed E-state index contributed by atoms with van der Waals surface area (Å²) in [5.74, 6) is 0.801. The molecule has 4 nitrogen and oxygen atoms in total. The molecule has 0 aliphatic carbocycles. The molecule has 0 aromatic heterocycles. The fraction of sp³-hybridized carbons (Fsp3) is 0.533. The fourth-order valence-electron chi connectivity index (χ4n) is 1.77. The van der Waals surface area contributed by atoms with E-state index in [4.69, 9.17) is 9.47 Å². The smallest absolute Gasteiger partial charge is 0.328 e. The highest BCUT2D eigenvalue weighted by molar-refractivity contribution is 5.79. The van der Waals surface area contributed by atoms with E-state index in [9.17, 15) is 4.79 Å². The molecule has 0 saturated heterocycles. The molecule has 0 aliphatic rings. The zero-order valence-corrected chi connectivity index (χ0v) is 12.1. The summed E-state index contributed by atoms with van der Waals surface area (Å²) in [5, 5.41) is 3.24. The minimum absolute atomic E-state index is 0.201. The van der Waals surface area contributed by atoms with Gasteiger partial charge in [-0.15, -0.1) is 0 Å². The van der Waals surface area contributed by atoms with E-state index >= 15 is 0 Å². The Morgan fingerprint density at radius 2 is 1.89 bits per heavy atom. The van der Waals surface area contributed by atoms with E-state index in [2.05, 4.69) is 12.2 Å². The maximum absolute atomic E-state index is 12.0. The second kappa shape index (κ2) is 7.67. The van der Waals surface area contributed by atoms with Crippen LogP contribution in [0.4, 0.5) is 5.69 Å². The molecule has 1 N–H and O–H groups in total. The van der Waals surface area contributed by atoms with E-state index in [-0.39, 0.29) is 17.9 Å². The van der Waals surface area contributed by atoms with Crippen molar-refractivity contribution in [2.75, 3.05) is 19.0 Å². The molecule has 19 heavy (non-hydrogen) atoms. The van der Waals surface area contributed by atoms with Crippen LogP contribution in [0.15, 0.2) is 24.3 Å². The maximum atomic E-state index is 12.0. The van der Waals surface area contributed by atoms with Crippen LogP contribution < -0.4 is 10.1 Å². The molecule has 0 fully saturated rings. The Kier molecular flexibility index (Phi) is 6.19. The van der Waals surface area contributed by atoms with E-state index < -0.39 is 0 Å². The van der Waals surface area contributed by atoms with Gasteiger partial charge in [-0.1, -0.05) is 20.3 Å². The lowest BCUT2D eigenvalue weighted by Crippen LogP contribution is -2.37. The van der Waals surface area contributed by atoms with E-state index in [1.54, 1.807) is 7.11 Å². The van der Waals surface area contributed by atoms with Crippen LogP contribution in [0.25, 0.3) is 0 Å². The van der Waals surface area contributed by atoms with E-state index in [0.29, 0.717) is 6.61 Å². The molecular weight excluding hydrogens is 242 g/mol. The van der Waals surface area contributed by atoms with Gasteiger partial charge in [0.05, 0.1) is 13.7 Å². The van der Waals surface area contributed by atoms with Gasteiger partial charge in [-0.3, -0.25) is 0 Å². The van der Waals surface area contributed by atoms with Crippen molar-refractivity contribution in [2.24, 2.45) is 5.92 Å². The third-order valence-electron chi connectivity index (χ3n) is 3.17. The van der Waals surface area contributed by atoms with Crippen LogP contribution in [0.3, 0.4) is 0 Å². The molecule has 2 unspecified atom stereocenters. The highest BCUT2D eigenvalue weighted by Gasteiger charge is 2.25. The Morgan fingerprint density at radius 3 is 2.37 bits per heavy atom. The first-order valence-corrected chi connectivity index (χ1v) is 6.69. The second-order valence-corrected chi connectivity index (χ2v) is 4.49. The number of rotatable bonds is 7. The number of benzene rings is 1. The molecule has 0 aliphatic heterocycles. The van der Waals surface area contributed by atoms with Crippen LogP contribution in [0.2, 0.25) is 0 Å². The van der Waals surface area contributed by atoms with Crippen molar-refractivity contribution < 1.29 is 14.3 Å². The predicted molar refractivity (Wildman–Crippen MR) is 76.5 cm³/mol. The number of nitrogens with one attached hydrogen (secondary N) is 1. The van der Waals surface area contributed by atoms with Gasteiger partial charge in [0, 0.05) is 5.69 Å². The third kappa shape index (κ3) is 4.47.